The molecule has 0 fully saturated rings. The first-order valence-electron chi connectivity index (χ1n) is 7.95. The zero-order chi connectivity index (χ0) is 18.4. The first-order chi connectivity index (χ1) is 12.6. The summed E-state index contributed by atoms with van der Waals surface area (Å²) in [5.74, 6) is 0.0773. The second-order valence-corrected chi connectivity index (χ2v) is 7.82. The van der Waals surface area contributed by atoms with Crippen LogP contribution in [0.2, 0.25) is 0 Å². The fourth-order valence-electron chi connectivity index (χ4n) is 2.04. The SMILES string of the molecule is Cc1ccc(Nc2nnc(SC[C@H](O)COc3ccccc3F)s2)cc1. The third kappa shape index (κ3) is 5.42. The molecule has 1 aromatic heterocycles. The number of aryl methyl sites for hydroxylation is 1. The minimum Gasteiger partial charge on any atom is -0.488 e. The summed E-state index contributed by atoms with van der Waals surface area (Å²) in [5, 5.41) is 22.1. The van der Waals surface area contributed by atoms with Crippen molar-refractivity contribution in [1.29, 1.82) is 0 Å². The molecule has 0 amide bonds. The second-order valence-electron chi connectivity index (χ2n) is 5.57. The number of hydrogen-bond donors (Lipinski definition) is 2. The number of nitrogens with zero attached hydrogens (tertiary/aromatic N) is 2. The number of benzene rings is 2. The van der Waals surface area contributed by atoms with Crippen molar-refractivity contribution in [1.82, 2.24) is 10.2 Å². The fourth-order valence-corrected chi connectivity index (χ4v) is 3.75. The maximum atomic E-state index is 13.5. The second kappa shape index (κ2) is 8.98. The summed E-state index contributed by atoms with van der Waals surface area (Å²) in [7, 11) is 0. The maximum absolute atomic E-state index is 13.5. The lowest BCUT2D eigenvalue weighted by atomic mass is 10.2. The summed E-state index contributed by atoms with van der Waals surface area (Å²) in [6.45, 7) is 2.05. The zero-order valence-electron chi connectivity index (χ0n) is 14.1. The highest BCUT2D eigenvalue weighted by Crippen LogP contribution is 2.28. The van der Waals surface area contributed by atoms with Crippen LogP contribution < -0.4 is 10.1 Å². The topological polar surface area (TPSA) is 67.3 Å². The quantitative estimate of drug-likeness (QED) is 0.559. The third-order valence-electron chi connectivity index (χ3n) is 3.38. The van der Waals surface area contributed by atoms with Gasteiger partial charge >= 0.3 is 0 Å². The van der Waals surface area contributed by atoms with Crippen LogP contribution in [0.15, 0.2) is 52.9 Å². The molecule has 2 N–H and O–H groups in total. The lowest BCUT2D eigenvalue weighted by molar-refractivity contribution is 0.123. The molecule has 5 nitrogen and oxygen atoms in total. The number of para-hydroxylation sites is 1. The molecule has 0 saturated heterocycles. The van der Waals surface area contributed by atoms with Gasteiger partial charge in [-0.15, -0.1) is 10.2 Å². The molecule has 0 aliphatic heterocycles. The van der Waals surface area contributed by atoms with E-state index in [1.54, 1.807) is 12.1 Å². The van der Waals surface area contributed by atoms with E-state index in [1.165, 1.54) is 40.8 Å². The normalized spacial score (nSPS) is 12.0. The lowest BCUT2D eigenvalue weighted by Gasteiger charge is -2.11. The number of ether oxygens (including phenoxy) is 1. The Morgan fingerprint density at radius 2 is 1.96 bits per heavy atom. The fraction of sp³-hybridized carbons (Fsp3) is 0.222. The van der Waals surface area contributed by atoms with Gasteiger partial charge in [0.05, 0.1) is 6.10 Å². The number of hydrogen-bond acceptors (Lipinski definition) is 7. The molecule has 8 heteroatoms. The maximum Gasteiger partial charge on any atom is 0.210 e. The van der Waals surface area contributed by atoms with Crippen LogP contribution in [-0.2, 0) is 0 Å². The van der Waals surface area contributed by atoms with Crippen molar-refractivity contribution in [2.24, 2.45) is 0 Å². The van der Waals surface area contributed by atoms with E-state index in [1.807, 2.05) is 31.2 Å². The number of aromatic nitrogens is 2. The van der Waals surface area contributed by atoms with Gasteiger partial charge < -0.3 is 15.2 Å². The molecule has 1 atom stereocenters. The van der Waals surface area contributed by atoms with Gasteiger partial charge in [0.25, 0.3) is 0 Å². The number of rotatable bonds is 8. The summed E-state index contributed by atoms with van der Waals surface area (Å²) in [6, 6.07) is 14.1. The number of aliphatic hydroxyl groups is 1. The van der Waals surface area contributed by atoms with E-state index in [9.17, 15) is 9.50 Å². The molecular formula is C18H18FN3O2S2. The van der Waals surface area contributed by atoms with Crippen molar-refractivity contribution < 1.29 is 14.2 Å². The van der Waals surface area contributed by atoms with E-state index in [2.05, 4.69) is 15.5 Å². The average Bonchev–Trinajstić information content (AvgIpc) is 3.09. The molecule has 0 spiro atoms. The van der Waals surface area contributed by atoms with Crippen LogP contribution in [0.3, 0.4) is 0 Å². The Hall–Kier alpha value is -2.16. The van der Waals surface area contributed by atoms with E-state index >= 15 is 0 Å². The summed E-state index contributed by atoms with van der Waals surface area (Å²) in [5.41, 5.74) is 2.14. The molecule has 0 saturated carbocycles. The van der Waals surface area contributed by atoms with Crippen LogP contribution >= 0.6 is 23.1 Å². The van der Waals surface area contributed by atoms with Gasteiger partial charge in [-0.1, -0.05) is 52.9 Å². The van der Waals surface area contributed by atoms with Crippen molar-refractivity contribution >= 4 is 33.9 Å². The first kappa shape index (κ1) is 18.6. The van der Waals surface area contributed by atoms with E-state index in [4.69, 9.17) is 4.74 Å². The zero-order valence-corrected chi connectivity index (χ0v) is 15.7. The monoisotopic (exact) mass is 391 g/mol. The molecule has 2 aromatic carbocycles. The van der Waals surface area contributed by atoms with Gasteiger partial charge in [0, 0.05) is 11.4 Å². The molecule has 0 radical (unpaired) electrons. The molecule has 0 bridgehead atoms. The largest absolute Gasteiger partial charge is 0.488 e. The molecule has 136 valence electrons. The first-order valence-corrected chi connectivity index (χ1v) is 9.76. The van der Waals surface area contributed by atoms with Crippen molar-refractivity contribution in [2.75, 3.05) is 17.7 Å². The van der Waals surface area contributed by atoms with Crippen LogP contribution in [0.4, 0.5) is 15.2 Å². The average molecular weight is 391 g/mol. The lowest BCUT2D eigenvalue weighted by Crippen LogP contribution is -2.20. The number of aliphatic hydroxyl groups excluding tert-OH is 1. The molecule has 0 unspecified atom stereocenters. The molecule has 3 aromatic rings. The van der Waals surface area contributed by atoms with E-state index in [0.29, 0.717) is 10.9 Å². The molecule has 0 aliphatic carbocycles. The van der Waals surface area contributed by atoms with Crippen LogP contribution in [0.1, 0.15) is 5.56 Å². The highest BCUT2D eigenvalue weighted by atomic mass is 32.2. The summed E-state index contributed by atoms with van der Waals surface area (Å²) >= 11 is 2.79. The number of nitrogens with one attached hydrogen (secondary N) is 1. The highest BCUT2D eigenvalue weighted by molar-refractivity contribution is 8.01. The van der Waals surface area contributed by atoms with Gasteiger partial charge in [0.15, 0.2) is 15.9 Å². The smallest absolute Gasteiger partial charge is 0.210 e. The number of halogens is 1. The Labute approximate surface area is 159 Å². The highest BCUT2D eigenvalue weighted by Gasteiger charge is 2.11. The molecule has 26 heavy (non-hydrogen) atoms. The predicted octanol–water partition coefficient (Wildman–Crippen LogP) is 4.26. The Bertz CT molecular complexity index is 842. The van der Waals surface area contributed by atoms with Gasteiger partial charge in [0.2, 0.25) is 5.13 Å². The summed E-state index contributed by atoms with van der Waals surface area (Å²) in [6.07, 6.45) is -0.739. The predicted molar refractivity (Wildman–Crippen MR) is 103 cm³/mol. The molecule has 0 aliphatic rings. The van der Waals surface area contributed by atoms with E-state index in [0.717, 1.165) is 10.0 Å². The summed E-state index contributed by atoms with van der Waals surface area (Å²) in [4.78, 5) is 0. The molecule has 1 heterocycles. The van der Waals surface area contributed by atoms with Crippen molar-refractivity contribution in [3.8, 4) is 5.75 Å². The van der Waals surface area contributed by atoms with Gasteiger partial charge in [0.1, 0.15) is 6.61 Å². The Kier molecular flexibility index (Phi) is 6.43. The summed E-state index contributed by atoms with van der Waals surface area (Å²) < 4.78 is 19.5. The van der Waals surface area contributed by atoms with Gasteiger partial charge in [-0.3, -0.25) is 0 Å². The Morgan fingerprint density at radius 1 is 1.19 bits per heavy atom. The third-order valence-corrected chi connectivity index (χ3v) is 5.49. The van der Waals surface area contributed by atoms with Crippen LogP contribution in [0.5, 0.6) is 5.75 Å². The minimum absolute atomic E-state index is 0.0151. The number of thioether (sulfide) groups is 1. The van der Waals surface area contributed by atoms with Crippen molar-refractivity contribution in [2.45, 2.75) is 17.4 Å². The Balaban J connectivity index is 1.45. The van der Waals surface area contributed by atoms with Crippen molar-refractivity contribution in [3.05, 3.63) is 59.9 Å². The standard InChI is InChI=1S/C18H18FN3O2S2/c1-12-6-8-13(9-7-12)20-17-21-22-18(26-17)25-11-14(23)10-24-16-5-3-2-4-15(16)19/h2-9,14,23H,10-11H2,1H3,(H,20,21)/t14-/m1/s1. The molecular weight excluding hydrogens is 373 g/mol. The molecule has 3 rings (SSSR count). The van der Waals surface area contributed by atoms with Crippen LogP contribution in [-0.4, -0.2) is 33.8 Å². The van der Waals surface area contributed by atoms with Crippen LogP contribution in [0.25, 0.3) is 0 Å². The number of anilines is 2. The van der Waals surface area contributed by atoms with Gasteiger partial charge in [-0.25, -0.2) is 4.39 Å². The van der Waals surface area contributed by atoms with Crippen LogP contribution in [0, 0.1) is 12.7 Å². The van der Waals surface area contributed by atoms with Gasteiger partial charge in [-0.05, 0) is 31.2 Å². The van der Waals surface area contributed by atoms with Crippen molar-refractivity contribution in [3.63, 3.8) is 0 Å². The Morgan fingerprint density at radius 3 is 2.73 bits per heavy atom. The van der Waals surface area contributed by atoms with Gasteiger partial charge in [-0.2, -0.15) is 0 Å². The minimum atomic E-state index is -0.739. The van der Waals surface area contributed by atoms with E-state index < -0.39 is 11.9 Å². The van der Waals surface area contributed by atoms with E-state index in [-0.39, 0.29) is 12.4 Å².